The fourth-order valence-corrected chi connectivity index (χ4v) is 2.59. The second-order valence-electron chi connectivity index (χ2n) is 3.95. The molecule has 1 aromatic heterocycles. The Bertz CT molecular complexity index is 732. The van der Waals surface area contributed by atoms with Crippen molar-refractivity contribution in [3.8, 4) is 17.1 Å². The van der Waals surface area contributed by atoms with Gasteiger partial charge in [0.25, 0.3) is 0 Å². The SMILES string of the molecule is Oc1ccc(Br)cc1-c1cc2cc(Br)ccc2o1. The first kappa shape index (κ1) is 11.8. The average molecular weight is 368 g/mol. The van der Waals surface area contributed by atoms with Crippen LogP contribution in [0.3, 0.4) is 0 Å². The van der Waals surface area contributed by atoms with Gasteiger partial charge in [0.15, 0.2) is 0 Å². The fraction of sp³-hybridized carbons (Fsp3) is 0. The summed E-state index contributed by atoms with van der Waals surface area (Å²) in [6.07, 6.45) is 0. The van der Waals surface area contributed by atoms with Crippen LogP contribution in [-0.4, -0.2) is 5.11 Å². The summed E-state index contributed by atoms with van der Waals surface area (Å²) in [5.74, 6) is 0.859. The summed E-state index contributed by atoms with van der Waals surface area (Å²) in [5, 5.41) is 10.9. The van der Waals surface area contributed by atoms with Crippen molar-refractivity contribution in [1.82, 2.24) is 0 Å². The van der Waals surface area contributed by atoms with E-state index < -0.39 is 0 Å². The Morgan fingerprint density at radius 3 is 2.44 bits per heavy atom. The van der Waals surface area contributed by atoms with Crippen LogP contribution in [0.5, 0.6) is 5.75 Å². The van der Waals surface area contributed by atoms with E-state index in [0.717, 1.165) is 19.9 Å². The molecule has 1 N–H and O–H groups in total. The van der Waals surface area contributed by atoms with E-state index in [9.17, 15) is 5.11 Å². The molecule has 0 spiro atoms. The van der Waals surface area contributed by atoms with E-state index in [2.05, 4.69) is 31.9 Å². The monoisotopic (exact) mass is 366 g/mol. The van der Waals surface area contributed by atoms with E-state index in [4.69, 9.17) is 4.42 Å². The number of hydrogen-bond acceptors (Lipinski definition) is 2. The average Bonchev–Trinajstić information content (AvgIpc) is 2.74. The largest absolute Gasteiger partial charge is 0.507 e. The highest BCUT2D eigenvalue weighted by Crippen LogP contribution is 2.35. The van der Waals surface area contributed by atoms with E-state index >= 15 is 0 Å². The highest BCUT2D eigenvalue weighted by molar-refractivity contribution is 9.10. The quantitative estimate of drug-likeness (QED) is 0.630. The molecule has 2 nitrogen and oxygen atoms in total. The summed E-state index contributed by atoms with van der Waals surface area (Å²) in [6.45, 7) is 0. The first-order valence-corrected chi connectivity index (χ1v) is 6.90. The first-order valence-electron chi connectivity index (χ1n) is 5.31. The molecule has 3 aromatic rings. The highest BCUT2D eigenvalue weighted by atomic mass is 79.9. The van der Waals surface area contributed by atoms with Crippen LogP contribution in [0, 0.1) is 0 Å². The lowest BCUT2D eigenvalue weighted by molar-refractivity contribution is 0.474. The molecule has 0 atom stereocenters. The van der Waals surface area contributed by atoms with Crippen molar-refractivity contribution >= 4 is 42.8 Å². The van der Waals surface area contributed by atoms with Gasteiger partial charge >= 0.3 is 0 Å². The van der Waals surface area contributed by atoms with E-state index in [1.807, 2.05) is 30.3 Å². The minimum absolute atomic E-state index is 0.205. The number of halogens is 2. The molecule has 0 aliphatic carbocycles. The Morgan fingerprint density at radius 1 is 0.889 bits per heavy atom. The molecule has 0 saturated carbocycles. The van der Waals surface area contributed by atoms with E-state index in [-0.39, 0.29) is 5.75 Å². The number of aromatic hydroxyl groups is 1. The molecule has 0 amide bonds. The summed E-state index contributed by atoms with van der Waals surface area (Å²) in [4.78, 5) is 0. The predicted octanol–water partition coefficient (Wildman–Crippen LogP) is 5.33. The van der Waals surface area contributed by atoms with Crippen molar-refractivity contribution in [2.45, 2.75) is 0 Å². The van der Waals surface area contributed by atoms with Crippen LogP contribution in [-0.2, 0) is 0 Å². The molecule has 0 saturated heterocycles. The van der Waals surface area contributed by atoms with Gasteiger partial charge in [-0.2, -0.15) is 0 Å². The van der Waals surface area contributed by atoms with Crippen LogP contribution in [0.2, 0.25) is 0 Å². The lowest BCUT2D eigenvalue weighted by atomic mass is 10.1. The topological polar surface area (TPSA) is 33.4 Å². The third kappa shape index (κ3) is 2.06. The van der Waals surface area contributed by atoms with E-state index in [1.165, 1.54) is 0 Å². The fourth-order valence-electron chi connectivity index (χ4n) is 1.85. The zero-order valence-corrected chi connectivity index (χ0v) is 12.3. The summed E-state index contributed by atoms with van der Waals surface area (Å²) >= 11 is 6.81. The third-order valence-corrected chi connectivity index (χ3v) is 3.69. The molecule has 0 aliphatic heterocycles. The summed E-state index contributed by atoms with van der Waals surface area (Å²) < 4.78 is 7.64. The zero-order chi connectivity index (χ0) is 12.7. The van der Waals surface area contributed by atoms with Gasteiger partial charge in [0.05, 0.1) is 5.56 Å². The molecule has 0 fully saturated rings. The number of hydrogen-bond donors (Lipinski definition) is 1. The molecular weight excluding hydrogens is 360 g/mol. The maximum atomic E-state index is 9.88. The van der Waals surface area contributed by atoms with Crippen molar-refractivity contribution in [2.24, 2.45) is 0 Å². The molecule has 0 radical (unpaired) electrons. The number of benzene rings is 2. The molecule has 3 rings (SSSR count). The lowest BCUT2D eigenvalue weighted by Crippen LogP contribution is -1.75. The van der Waals surface area contributed by atoms with E-state index in [0.29, 0.717) is 11.3 Å². The predicted molar refractivity (Wildman–Crippen MR) is 78.7 cm³/mol. The Balaban J connectivity index is 2.22. The van der Waals surface area contributed by atoms with Crippen molar-refractivity contribution in [3.05, 3.63) is 51.4 Å². The van der Waals surface area contributed by atoms with Crippen LogP contribution in [0.1, 0.15) is 0 Å². The molecule has 0 bridgehead atoms. The van der Waals surface area contributed by atoms with Crippen molar-refractivity contribution in [2.75, 3.05) is 0 Å². The standard InChI is InChI=1S/C14H8Br2O2/c15-9-2-4-13-8(5-9)6-14(18-13)11-7-10(16)1-3-12(11)17/h1-7,17H. The molecule has 2 aromatic carbocycles. The van der Waals surface area contributed by atoms with Crippen molar-refractivity contribution < 1.29 is 9.52 Å². The van der Waals surface area contributed by atoms with Gasteiger partial charge in [0.1, 0.15) is 17.1 Å². The zero-order valence-electron chi connectivity index (χ0n) is 9.15. The van der Waals surface area contributed by atoms with Crippen LogP contribution in [0.25, 0.3) is 22.3 Å². The highest BCUT2D eigenvalue weighted by Gasteiger charge is 2.11. The summed E-state index contributed by atoms with van der Waals surface area (Å²) in [7, 11) is 0. The van der Waals surface area contributed by atoms with Gasteiger partial charge in [-0.3, -0.25) is 0 Å². The normalized spacial score (nSPS) is 11.0. The Labute approximate surface area is 120 Å². The van der Waals surface area contributed by atoms with Gasteiger partial charge in [-0.05, 0) is 42.5 Å². The molecular formula is C14H8Br2O2. The maximum Gasteiger partial charge on any atom is 0.139 e. The Hall–Kier alpha value is -1.26. The van der Waals surface area contributed by atoms with Gasteiger partial charge in [0.2, 0.25) is 0 Å². The van der Waals surface area contributed by atoms with Crippen LogP contribution in [0.15, 0.2) is 55.8 Å². The molecule has 1 heterocycles. The van der Waals surface area contributed by atoms with E-state index in [1.54, 1.807) is 12.1 Å². The lowest BCUT2D eigenvalue weighted by Gasteiger charge is -2.01. The van der Waals surface area contributed by atoms with Crippen molar-refractivity contribution in [1.29, 1.82) is 0 Å². The smallest absolute Gasteiger partial charge is 0.139 e. The maximum absolute atomic E-state index is 9.88. The van der Waals surface area contributed by atoms with Crippen LogP contribution < -0.4 is 0 Å². The third-order valence-electron chi connectivity index (χ3n) is 2.70. The Morgan fingerprint density at radius 2 is 1.61 bits per heavy atom. The van der Waals surface area contributed by atoms with Gasteiger partial charge in [0, 0.05) is 14.3 Å². The van der Waals surface area contributed by atoms with Crippen LogP contribution >= 0.6 is 31.9 Å². The minimum Gasteiger partial charge on any atom is -0.507 e. The van der Waals surface area contributed by atoms with Crippen molar-refractivity contribution in [3.63, 3.8) is 0 Å². The minimum atomic E-state index is 0.205. The summed E-state index contributed by atoms with van der Waals surface area (Å²) in [6, 6.07) is 13.0. The molecule has 4 heteroatoms. The number of fused-ring (bicyclic) bond motifs is 1. The Kier molecular flexibility index (Phi) is 2.92. The van der Waals surface area contributed by atoms with Crippen LogP contribution in [0.4, 0.5) is 0 Å². The van der Waals surface area contributed by atoms with Gasteiger partial charge in [-0.25, -0.2) is 0 Å². The molecule has 0 aliphatic rings. The summed E-state index contributed by atoms with van der Waals surface area (Å²) in [5.41, 5.74) is 1.48. The molecule has 0 unspecified atom stereocenters. The molecule has 18 heavy (non-hydrogen) atoms. The second-order valence-corrected chi connectivity index (χ2v) is 5.79. The van der Waals surface area contributed by atoms with Gasteiger partial charge < -0.3 is 9.52 Å². The van der Waals surface area contributed by atoms with Gasteiger partial charge in [-0.15, -0.1) is 0 Å². The number of furan rings is 1. The van der Waals surface area contributed by atoms with Gasteiger partial charge in [-0.1, -0.05) is 31.9 Å². The molecule has 90 valence electrons. The number of phenols is 1. The number of phenolic OH excluding ortho intramolecular Hbond substituents is 1. The first-order chi connectivity index (χ1) is 8.63. The second kappa shape index (κ2) is 4.44. The number of rotatable bonds is 1.